The van der Waals surface area contributed by atoms with Gasteiger partial charge in [-0.2, -0.15) is 9.40 Å². The Kier molecular flexibility index (Phi) is 7.75. The van der Waals surface area contributed by atoms with Gasteiger partial charge in [0.25, 0.3) is 0 Å². The van der Waals surface area contributed by atoms with Crippen LogP contribution in [0.25, 0.3) is 11.8 Å². The van der Waals surface area contributed by atoms with E-state index in [4.69, 9.17) is 23.2 Å². The molecule has 0 unspecified atom stereocenters. The Balaban J connectivity index is 1.45. The summed E-state index contributed by atoms with van der Waals surface area (Å²) in [6.07, 6.45) is 7.96. The third-order valence-corrected chi connectivity index (χ3v) is 10.8. The summed E-state index contributed by atoms with van der Waals surface area (Å²) in [4.78, 5) is 22.9. The summed E-state index contributed by atoms with van der Waals surface area (Å²) in [6.45, 7) is 3.65. The van der Waals surface area contributed by atoms with Crippen LogP contribution < -0.4 is 0 Å². The first-order valence-corrected chi connectivity index (χ1v) is 16.0. The van der Waals surface area contributed by atoms with Crippen molar-refractivity contribution in [3.8, 4) is 5.69 Å². The number of ketones is 1. The van der Waals surface area contributed by atoms with Crippen molar-refractivity contribution in [2.75, 3.05) is 0 Å². The second-order valence-electron chi connectivity index (χ2n) is 11.2. The van der Waals surface area contributed by atoms with Gasteiger partial charge in [-0.05, 0) is 99.7 Å². The quantitative estimate of drug-likeness (QED) is 0.168. The van der Waals surface area contributed by atoms with Crippen molar-refractivity contribution in [3.05, 3.63) is 106 Å². The van der Waals surface area contributed by atoms with Gasteiger partial charge in [0.1, 0.15) is 21.6 Å². The van der Waals surface area contributed by atoms with Crippen LogP contribution in [0.2, 0.25) is 10.2 Å². The van der Waals surface area contributed by atoms with Crippen LogP contribution in [-0.2, 0) is 16.4 Å². The largest absolute Gasteiger partial charge is 0.291 e. The molecule has 8 nitrogen and oxygen atoms in total. The molecule has 0 aliphatic heterocycles. The number of allylic oxidation sites excluding steroid dienone is 1. The minimum atomic E-state index is -3.98. The number of nitrogens with zero attached hydrogens (tertiary/aromatic N) is 5. The smallest absolute Gasteiger partial charge is 0.245 e. The summed E-state index contributed by atoms with van der Waals surface area (Å²) in [6, 6.07) is 11.2. The fourth-order valence-corrected chi connectivity index (χ4v) is 8.46. The Bertz CT molecular complexity index is 1840. The lowest BCUT2D eigenvalue weighted by Crippen LogP contribution is -2.52. The van der Waals surface area contributed by atoms with E-state index < -0.39 is 27.5 Å². The van der Waals surface area contributed by atoms with Crippen molar-refractivity contribution in [2.24, 2.45) is 5.41 Å². The molecule has 3 aromatic heterocycles. The number of Topliss-reactive ketones (excluding diaryl/α,β-unsaturated/α-hetero) is 1. The molecular weight excluding hydrogens is 612 g/mol. The Morgan fingerprint density at radius 1 is 1.09 bits per heavy atom. The number of fused-ring (bicyclic) bond motifs is 2. The van der Waals surface area contributed by atoms with Crippen molar-refractivity contribution in [1.29, 1.82) is 0 Å². The van der Waals surface area contributed by atoms with Crippen LogP contribution in [0.5, 0.6) is 0 Å². The minimum absolute atomic E-state index is 0.0373. The van der Waals surface area contributed by atoms with Crippen LogP contribution in [-0.4, -0.2) is 50.3 Å². The monoisotopic (exact) mass is 639 g/mol. The van der Waals surface area contributed by atoms with Gasteiger partial charge < -0.3 is 0 Å². The van der Waals surface area contributed by atoms with Crippen LogP contribution >= 0.6 is 23.2 Å². The highest BCUT2D eigenvalue weighted by atomic mass is 35.5. The van der Waals surface area contributed by atoms with E-state index in [0.717, 1.165) is 16.8 Å². The third-order valence-electron chi connectivity index (χ3n) is 8.24. The molecule has 6 rings (SSSR count). The third kappa shape index (κ3) is 5.31. The zero-order chi connectivity index (χ0) is 30.5. The average molecular weight is 641 g/mol. The van der Waals surface area contributed by atoms with E-state index >= 15 is 0 Å². The second kappa shape index (κ2) is 11.2. The number of pyridine rings is 2. The fraction of sp³-hybridized carbons (Fsp3) is 0.290. The number of benzene rings is 1. The molecule has 2 aliphatic carbocycles. The van der Waals surface area contributed by atoms with E-state index in [9.17, 15) is 17.6 Å². The summed E-state index contributed by atoms with van der Waals surface area (Å²) >= 11 is 12.2. The van der Waals surface area contributed by atoms with E-state index in [1.54, 1.807) is 35.1 Å². The zero-order valence-electron chi connectivity index (χ0n) is 23.4. The number of aromatic nitrogens is 4. The highest BCUT2D eigenvalue weighted by Crippen LogP contribution is 2.51. The molecule has 0 amide bonds. The van der Waals surface area contributed by atoms with Crippen molar-refractivity contribution < 1.29 is 17.6 Å². The number of halogens is 3. The van der Waals surface area contributed by atoms with Crippen molar-refractivity contribution in [1.82, 2.24) is 24.1 Å². The van der Waals surface area contributed by atoms with Crippen molar-refractivity contribution in [2.45, 2.75) is 56.5 Å². The lowest BCUT2D eigenvalue weighted by atomic mass is 9.60. The Morgan fingerprint density at radius 2 is 1.86 bits per heavy atom. The van der Waals surface area contributed by atoms with E-state index in [1.807, 2.05) is 19.9 Å². The van der Waals surface area contributed by atoms with Crippen LogP contribution in [0.15, 0.2) is 77.6 Å². The van der Waals surface area contributed by atoms with E-state index in [-0.39, 0.29) is 33.8 Å². The second-order valence-corrected chi connectivity index (χ2v) is 13.9. The Labute approximate surface area is 259 Å². The molecule has 2 aliphatic rings. The normalized spacial score (nSPS) is 20.1. The lowest BCUT2D eigenvalue weighted by molar-refractivity contribution is 0.0722. The number of hydrogen-bond donors (Lipinski definition) is 0. The molecule has 1 aromatic carbocycles. The van der Waals surface area contributed by atoms with Gasteiger partial charge in [0, 0.05) is 29.5 Å². The highest BCUT2D eigenvalue weighted by Gasteiger charge is 2.52. The molecular formula is C31H28Cl2FN5O3S. The predicted octanol–water partition coefficient (Wildman–Crippen LogP) is 6.57. The van der Waals surface area contributed by atoms with Crippen LogP contribution in [0.1, 0.15) is 54.9 Å². The summed E-state index contributed by atoms with van der Waals surface area (Å²) < 4.78 is 44.8. The molecule has 0 radical (unpaired) electrons. The maximum atomic E-state index is 14.5. The van der Waals surface area contributed by atoms with Gasteiger partial charge in [-0.3, -0.25) is 9.78 Å². The van der Waals surface area contributed by atoms with Gasteiger partial charge in [0.2, 0.25) is 10.0 Å². The molecule has 1 fully saturated rings. The molecule has 0 bridgehead atoms. The minimum Gasteiger partial charge on any atom is -0.291 e. The van der Waals surface area contributed by atoms with Crippen molar-refractivity contribution in [3.63, 3.8) is 0 Å². The first-order valence-electron chi connectivity index (χ1n) is 13.8. The molecule has 0 N–H and O–H groups in total. The average Bonchev–Trinajstić information content (AvgIpc) is 3.38. The van der Waals surface area contributed by atoms with Gasteiger partial charge >= 0.3 is 0 Å². The SMILES string of the molecule is CC(C)N([C@H]1CCC2=Cc3c(cnn3-c3ccc(F)cc3)C[C@]2(C(=O)c2cc(Cl)ccn2)C1)S(=O)(=O)c1ccc(Cl)nc1. The molecule has 43 heavy (non-hydrogen) atoms. The molecule has 1 saturated carbocycles. The van der Waals surface area contributed by atoms with Gasteiger partial charge in [0.05, 0.1) is 23.0 Å². The number of sulfonamides is 1. The number of hydrogen-bond acceptors (Lipinski definition) is 6. The summed E-state index contributed by atoms with van der Waals surface area (Å²) in [5.74, 6) is -0.570. The number of carbonyl (C=O) groups is 1. The molecule has 0 saturated heterocycles. The summed E-state index contributed by atoms with van der Waals surface area (Å²) in [7, 11) is -3.98. The molecule has 2 atom stereocenters. The first-order chi connectivity index (χ1) is 20.5. The zero-order valence-corrected chi connectivity index (χ0v) is 25.7. The maximum Gasteiger partial charge on any atom is 0.245 e. The number of rotatable bonds is 7. The molecule has 12 heteroatoms. The Morgan fingerprint density at radius 3 is 2.53 bits per heavy atom. The maximum absolute atomic E-state index is 14.5. The lowest BCUT2D eigenvalue weighted by Gasteiger charge is -2.47. The van der Waals surface area contributed by atoms with Crippen LogP contribution in [0.3, 0.4) is 0 Å². The Hall–Kier alpha value is -3.44. The molecule has 3 heterocycles. The van der Waals surface area contributed by atoms with Gasteiger partial charge in [-0.1, -0.05) is 28.8 Å². The summed E-state index contributed by atoms with van der Waals surface area (Å²) in [5.41, 5.74) is 2.34. The summed E-state index contributed by atoms with van der Waals surface area (Å²) in [5, 5.41) is 5.16. The molecule has 0 spiro atoms. The van der Waals surface area contributed by atoms with Crippen molar-refractivity contribution >= 4 is 45.1 Å². The van der Waals surface area contributed by atoms with E-state index in [2.05, 4.69) is 15.1 Å². The number of carbonyl (C=O) groups excluding carboxylic acids is 1. The van der Waals surface area contributed by atoms with Gasteiger partial charge in [-0.15, -0.1) is 0 Å². The molecule has 222 valence electrons. The molecule has 4 aromatic rings. The van der Waals surface area contributed by atoms with Gasteiger partial charge in [-0.25, -0.2) is 22.5 Å². The van der Waals surface area contributed by atoms with Crippen LogP contribution in [0.4, 0.5) is 4.39 Å². The standard InChI is InChI=1S/C31H28Cl2FN5O3S/c1-19(2)39(43(41,42)26-9-10-29(33)36-18-26)25-6-3-21-13-28-20(17-37-38(28)24-7-4-23(34)5-8-24)15-31(21,16-25)30(40)27-14-22(32)11-12-35-27/h4-5,7-14,17-19,25H,3,6,15-16H2,1-2H3/t25-,31-/m0/s1. The van der Waals surface area contributed by atoms with Gasteiger partial charge in [0.15, 0.2) is 5.78 Å². The fourth-order valence-electron chi connectivity index (χ4n) is 6.39. The van der Waals surface area contributed by atoms with Crippen LogP contribution in [0, 0.1) is 11.2 Å². The first kappa shape index (κ1) is 29.6. The predicted molar refractivity (Wildman–Crippen MR) is 162 cm³/mol. The van der Waals surface area contributed by atoms with E-state index in [0.29, 0.717) is 30.0 Å². The topological polar surface area (TPSA) is 98.0 Å². The highest BCUT2D eigenvalue weighted by molar-refractivity contribution is 7.89. The van der Waals surface area contributed by atoms with E-state index in [1.165, 1.54) is 41.0 Å².